The third-order valence-corrected chi connectivity index (χ3v) is 3.32. The molecule has 0 bridgehead atoms. The van der Waals surface area contributed by atoms with E-state index in [2.05, 4.69) is 0 Å². The van der Waals surface area contributed by atoms with E-state index in [4.69, 9.17) is 10.8 Å². The predicted octanol–water partition coefficient (Wildman–Crippen LogP) is 2.50. The molecule has 0 saturated heterocycles. The van der Waals surface area contributed by atoms with Crippen molar-refractivity contribution in [3.05, 3.63) is 46.7 Å². The summed E-state index contributed by atoms with van der Waals surface area (Å²) in [6, 6.07) is 10.7. The lowest BCUT2D eigenvalue weighted by molar-refractivity contribution is -0.138. The molecule has 0 saturated carbocycles. The molecule has 4 heteroatoms. The molecule has 1 aromatic carbocycles. The summed E-state index contributed by atoms with van der Waals surface area (Å²) in [5.74, 6) is -0.999. The molecule has 0 aliphatic carbocycles. The zero-order valence-electron chi connectivity index (χ0n) is 8.46. The molecule has 1 atom stereocenters. The van der Waals surface area contributed by atoms with Crippen LogP contribution in [0.4, 0.5) is 0 Å². The second-order valence-electron chi connectivity index (χ2n) is 3.42. The van der Waals surface area contributed by atoms with Crippen molar-refractivity contribution in [2.24, 2.45) is 5.73 Å². The third-order valence-electron chi connectivity index (χ3n) is 2.30. The van der Waals surface area contributed by atoms with Crippen molar-refractivity contribution in [2.75, 3.05) is 0 Å². The maximum absolute atomic E-state index is 10.7. The van der Waals surface area contributed by atoms with Crippen LogP contribution in [-0.4, -0.2) is 11.1 Å². The van der Waals surface area contributed by atoms with E-state index in [9.17, 15) is 4.79 Å². The number of carbonyl (C=O) groups is 1. The zero-order valence-corrected chi connectivity index (χ0v) is 9.28. The number of carboxylic acid groups (broad SMARTS) is 1. The molecule has 2 rings (SSSR count). The SMILES string of the molecule is N[C@@H](C(=O)O)c1cc(-c2ccccc2)cs1. The van der Waals surface area contributed by atoms with E-state index in [1.54, 1.807) is 0 Å². The molecule has 0 fully saturated rings. The van der Waals surface area contributed by atoms with Gasteiger partial charge in [0.2, 0.25) is 0 Å². The number of hydrogen-bond acceptors (Lipinski definition) is 3. The maximum Gasteiger partial charge on any atom is 0.325 e. The molecule has 0 amide bonds. The van der Waals surface area contributed by atoms with Crippen molar-refractivity contribution >= 4 is 17.3 Å². The molecule has 82 valence electrons. The molecule has 2 aromatic rings. The lowest BCUT2D eigenvalue weighted by Crippen LogP contribution is -2.19. The lowest BCUT2D eigenvalue weighted by Gasteiger charge is -2.01. The minimum absolute atomic E-state index is 0.673. The summed E-state index contributed by atoms with van der Waals surface area (Å²) in [7, 11) is 0. The molecule has 0 spiro atoms. The Morgan fingerprint density at radius 2 is 1.94 bits per heavy atom. The monoisotopic (exact) mass is 233 g/mol. The highest BCUT2D eigenvalue weighted by molar-refractivity contribution is 7.10. The lowest BCUT2D eigenvalue weighted by atomic mass is 10.1. The van der Waals surface area contributed by atoms with Crippen molar-refractivity contribution < 1.29 is 9.90 Å². The van der Waals surface area contributed by atoms with Gasteiger partial charge in [0.1, 0.15) is 6.04 Å². The van der Waals surface area contributed by atoms with Gasteiger partial charge in [-0.2, -0.15) is 0 Å². The molecule has 16 heavy (non-hydrogen) atoms. The normalized spacial score (nSPS) is 12.3. The second kappa shape index (κ2) is 4.47. The van der Waals surface area contributed by atoms with Gasteiger partial charge in [0.05, 0.1) is 0 Å². The topological polar surface area (TPSA) is 63.3 Å². The Morgan fingerprint density at radius 1 is 1.25 bits per heavy atom. The Morgan fingerprint density at radius 3 is 2.56 bits per heavy atom. The quantitative estimate of drug-likeness (QED) is 0.856. The van der Waals surface area contributed by atoms with Crippen LogP contribution in [0.2, 0.25) is 0 Å². The van der Waals surface area contributed by atoms with E-state index in [-0.39, 0.29) is 0 Å². The minimum atomic E-state index is -0.999. The summed E-state index contributed by atoms with van der Waals surface area (Å²) >= 11 is 1.37. The first-order chi connectivity index (χ1) is 7.68. The molecule has 0 radical (unpaired) electrons. The van der Waals surface area contributed by atoms with Gasteiger partial charge in [-0.15, -0.1) is 11.3 Å². The van der Waals surface area contributed by atoms with Gasteiger partial charge in [-0.1, -0.05) is 30.3 Å². The van der Waals surface area contributed by atoms with Crippen LogP contribution in [0.15, 0.2) is 41.8 Å². The molecule has 1 aromatic heterocycles. The summed E-state index contributed by atoms with van der Waals surface area (Å²) in [5.41, 5.74) is 7.62. The smallest absolute Gasteiger partial charge is 0.325 e. The van der Waals surface area contributed by atoms with Gasteiger partial charge in [-0.3, -0.25) is 4.79 Å². The van der Waals surface area contributed by atoms with Crippen molar-refractivity contribution in [2.45, 2.75) is 6.04 Å². The molecule has 3 N–H and O–H groups in total. The largest absolute Gasteiger partial charge is 0.480 e. The summed E-state index contributed by atoms with van der Waals surface area (Å²) in [6.07, 6.45) is 0. The fraction of sp³-hybridized carbons (Fsp3) is 0.0833. The van der Waals surface area contributed by atoms with E-state index in [1.807, 2.05) is 41.8 Å². The number of benzene rings is 1. The molecule has 0 aliphatic rings. The first kappa shape index (κ1) is 10.9. The summed E-state index contributed by atoms with van der Waals surface area (Å²) in [5, 5.41) is 10.7. The number of thiophene rings is 1. The number of hydrogen-bond donors (Lipinski definition) is 2. The van der Waals surface area contributed by atoms with Crippen LogP contribution in [0.25, 0.3) is 11.1 Å². The number of nitrogens with two attached hydrogens (primary N) is 1. The fourth-order valence-electron chi connectivity index (χ4n) is 1.42. The molecule has 3 nitrogen and oxygen atoms in total. The Kier molecular flexibility index (Phi) is 3.03. The third kappa shape index (κ3) is 2.13. The van der Waals surface area contributed by atoms with E-state index < -0.39 is 12.0 Å². The van der Waals surface area contributed by atoms with Crippen molar-refractivity contribution in [3.8, 4) is 11.1 Å². The van der Waals surface area contributed by atoms with E-state index in [0.29, 0.717) is 4.88 Å². The van der Waals surface area contributed by atoms with Gasteiger partial charge >= 0.3 is 5.97 Å². The molecular weight excluding hydrogens is 222 g/mol. The fourth-order valence-corrected chi connectivity index (χ4v) is 2.33. The molecular formula is C12H11NO2S. The van der Waals surface area contributed by atoms with Crippen molar-refractivity contribution in [1.82, 2.24) is 0 Å². The van der Waals surface area contributed by atoms with E-state index >= 15 is 0 Å². The number of carboxylic acids is 1. The zero-order chi connectivity index (χ0) is 11.5. The average Bonchev–Trinajstić information content (AvgIpc) is 2.78. The highest BCUT2D eigenvalue weighted by Crippen LogP contribution is 2.28. The van der Waals surface area contributed by atoms with Crippen LogP contribution in [0.5, 0.6) is 0 Å². The first-order valence-electron chi connectivity index (χ1n) is 4.80. The van der Waals surface area contributed by atoms with Crippen LogP contribution in [0.1, 0.15) is 10.9 Å². The van der Waals surface area contributed by atoms with Crippen LogP contribution in [0, 0.1) is 0 Å². The standard InChI is InChI=1S/C12H11NO2S/c13-11(12(14)15)10-6-9(7-16-10)8-4-2-1-3-5-8/h1-7,11H,13H2,(H,14,15)/t11-/m1/s1. The first-order valence-corrected chi connectivity index (χ1v) is 5.68. The van der Waals surface area contributed by atoms with Gasteiger partial charge in [-0.05, 0) is 22.6 Å². The van der Waals surface area contributed by atoms with Gasteiger partial charge < -0.3 is 10.8 Å². The van der Waals surface area contributed by atoms with Crippen LogP contribution in [-0.2, 0) is 4.79 Å². The van der Waals surface area contributed by atoms with E-state index in [1.165, 1.54) is 11.3 Å². The number of aliphatic carboxylic acids is 1. The van der Waals surface area contributed by atoms with Gasteiger partial charge in [0.15, 0.2) is 0 Å². The summed E-state index contributed by atoms with van der Waals surface area (Å²) in [6.45, 7) is 0. The Bertz CT molecular complexity index is 493. The maximum atomic E-state index is 10.7. The van der Waals surface area contributed by atoms with E-state index in [0.717, 1.165) is 11.1 Å². The van der Waals surface area contributed by atoms with Gasteiger partial charge in [0.25, 0.3) is 0 Å². The predicted molar refractivity (Wildman–Crippen MR) is 64.3 cm³/mol. The molecule has 0 aliphatic heterocycles. The van der Waals surface area contributed by atoms with Gasteiger partial charge in [-0.25, -0.2) is 0 Å². The Hall–Kier alpha value is -1.65. The number of rotatable bonds is 3. The van der Waals surface area contributed by atoms with Crippen LogP contribution in [0.3, 0.4) is 0 Å². The average molecular weight is 233 g/mol. The highest BCUT2D eigenvalue weighted by Gasteiger charge is 2.16. The molecule has 1 heterocycles. The second-order valence-corrected chi connectivity index (χ2v) is 4.36. The molecule has 0 unspecified atom stereocenters. The van der Waals surface area contributed by atoms with Crippen LogP contribution >= 0.6 is 11.3 Å². The Labute approximate surface area is 97.2 Å². The highest BCUT2D eigenvalue weighted by atomic mass is 32.1. The minimum Gasteiger partial charge on any atom is -0.480 e. The Balaban J connectivity index is 2.30. The van der Waals surface area contributed by atoms with Gasteiger partial charge in [0, 0.05) is 4.88 Å². The van der Waals surface area contributed by atoms with Crippen molar-refractivity contribution in [1.29, 1.82) is 0 Å². The summed E-state index contributed by atoms with van der Waals surface area (Å²) in [4.78, 5) is 11.4. The van der Waals surface area contributed by atoms with Crippen molar-refractivity contribution in [3.63, 3.8) is 0 Å². The summed E-state index contributed by atoms with van der Waals surface area (Å²) < 4.78 is 0. The van der Waals surface area contributed by atoms with Crippen LogP contribution < -0.4 is 5.73 Å².